The molecule has 0 spiro atoms. The third-order valence-electron chi connectivity index (χ3n) is 2.78. The van der Waals surface area contributed by atoms with Crippen LogP contribution >= 0.6 is 0 Å². The highest BCUT2D eigenvalue weighted by Crippen LogP contribution is 2.30. The summed E-state index contributed by atoms with van der Waals surface area (Å²) in [6, 6.07) is 6.63. The first-order chi connectivity index (χ1) is 8.97. The molecule has 3 N–H and O–H groups in total. The van der Waals surface area contributed by atoms with Crippen molar-refractivity contribution in [3.8, 4) is 11.5 Å². The van der Waals surface area contributed by atoms with Gasteiger partial charge in [0.1, 0.15) is 23.1 Å². The summed E-state index contributed by atoms with van der Waals surface area (Å²) >= 11 is 0. The second kappa shape index (κ2) is 5.14. The van der Waals surface area contributed by atoms with E-state index in [2.05, 4.69) is 5.32 Å². The molecule has 2 aromatic rings. The van der Waals surface area contributed by atoms with Gasteiger partial charge in [-0.05, 0) is 43.3 Å². The molecule has 0 aromatic heterocycles. The smallest absolute Gasteiger partial charge is 0.146 e. The summed E-state index contributed by atoms with van der Waals surface area (Å²) in [5.74, 6) is -1.19. The predicted octanol–water partition coefficient (Wildman–Crippen LogP) is 3.55. The Labute approximate surface area is 109 Å². The fourth-order valence-electron chi connectivity index (χ4n) is 1.81. The first-order valence-electron chi connectivity index (χ1n) is 5.71. The van der Waals surface area contributed by atoms with E-state index < -0.39 is 17.7 Å². The van der Waals surface area contributed by atoms with Crippen LogP contribution in [0.2, 0.25) is 0 Å². The molecule has 1 atom stereocenters. The van der Waals surface area contributed by atoms with Gasteiger partial charge in [-0.1, -0.05) is 0 Å². The molecule has 0 aliphatic rings. The van der Waals surface area contributed by atoms with Crippen molar-refractivity contribution in [1.82, 2.24) is 0 Å². The van der Waals surface area contributed by atoms with E-state index in [9.17, 15) is 19.0 Å². The molecular formula is C14H13F2NO2. The van der Waals surface area contributed by atoms with Crippen LogP contribution in [-0.4, -0.2) is 10.2 Å². The van der Waals surface area contributed by atoms with E-state index in [4.69, 9.17) is 0 Å². The largest absolute Gasteiger partial charge is 0.508 e. The number of rotatable bonds is 3. The third-order valence-corrected chi connectivity index (χ3v) is 2.78. The van der Waals surface area contributed by atoms with Gasteiger partial charge >= 0.3 is 0 Å². The van der Waals surface area contributed by atoms with Crippen molar-refractivity contribution in [1.29, 1.82) is 0 Å². The van der Waals surface area contributed by atoms with Crippen LogP contribution in [0.3, 0.4) is 0 Å². The van der Waals surface area contributed by atoms with Gasteiger partial charge in [-0.15, -0.1) is 0 Å². The minimum absolute atomic E-state index is 0.00440. The number of nitrogens with one attached hydrogen (secondary N) is 1. The molecule has 2 aromatic carbocycles. The molecule has 5 heteroatoms. The van der Waals surface area contributed by atoms with E-state index in [-0.39, 0.29) is 17.2 Å². The number of phenols is 2. The van der Waals surface area contributed by atoms with E-state index in [0.717, 1.165) is 18.2 Å². The molecule has 19 heavy (non-hydrogen) atoms. The quantitative estimate of drug-likeness (QED) is 0.744. The van der Waals surface area contributed by atoms with Crippen molar-refractivity contribution in [3.05, 3.63) is 53.6 Å². The lowest BCUT2D eigenvalue weighted by Crippen LogP contribution is -2.08. The molecule has 0 fully saturated rings. The zero-order chi connectivity index (χ0) is 14.0. The maximum absolute atomic E-state index is 13.5. The van der Waals surface area contributed by atoms with E-state index in [1.807, 2.05) is 0 Å². The monoisotopic (exact) mass is 265 g/mol. The molecular weight excluding hydrogens is 252 g/mol. The van der Waals surface area contributed by atoms with Crippen molar-refractivity contribution >= 4 is 5.69 Å². The Morgan fingerprint density at radius 1 is 1.05 bits per heavy atom. The first-order valence-corrected chi connectivity index (χ1v) is 5.71. The SMILES string of the molecule is CC(Nc1cc(F)ccc1F)c1cc(O)ccc1O. The van der Waals surface area contributed by atoms with Gasteiger partial charge < -0.3 is 15.5 Å². The first kappa shape index (κ1) is 13.1. The van der Waals surface area contributed by atoms with Crippen LogP contribution in [0.4, 0.5) is 14.5 Å². The highest BCUT2D eigenvalue weighted by atomic mass is 19.1. The maximum atomic E-state index is 13.5. The average Bonchev–Trinajstić information content (AvgIpc) is 2.36. The molecule has 0 amide bonds. The molecule has 3 nitrogen and oxygen atoms in total. The summed E-state index contributed by atoms with van der Waals surface area (Å²) in [5, 5.41) is 21.8. The van der Waals surface area contributed by atoms with Gasteiger partial charge in [0.05, 0.1) is 11.7 Å². The fourth-order valence-corrected chi connectivity index (χ4v) is 1.81. The Hall–Kier alpha value is -2.30. The molecule has 0 bridgehead atoms. The Morgan fingerprint density at radius 3 is 2.53 bits per heavy atom. The minimum atomic E-state index is -0.590. The number of halogens is 2. The van der Waals surface area contributed by atoms with Gasteiger partial charge in [0.2, 0.25) is 0 Å². The normalized spacial score (nSPS) is 12.2. The molecule has 1 unspecified atom stereocenters. The topological polar surface area (TPSA) is 52.5 Å². The zero-order valence-corrected chi connectivity index (χ0v) is 10.2. The van der Waals surface area contributed by atoms with Gasteiger partial charge in [0.25, 0.3) is 0 Å². The summed E-state index contributed by atoms with van der Waals surface area (Å²) in [6.07, 6.45) is 0. The van der Waals surface area contributed by atoms with Crippen molar-refractivity contribution < 1.29 is 19.0 Å². The third kappa shape index (κ3) is 2.93. The molecule has 0 saturated heterocycles. The molecule has 100 valence electrons. The van der Waals surface area contributed by atoms with E-state index in [1.165, 1.54) is 18.2 Å². The second-order valence-corrected chi connectivity index (χ2v) is 4.23. The summed E-state index contributed by atoms with van der Waals surface area (Å²) in [6.45, 7) is 1.67. The van der Waals surface area contributed by atoms with Gasteiger partial charge in [-0.2, -0.15) is 0 Å². The number of phenolic OH excluding ortho intramolecular Hbond substituents is 2. The Balaban J connectivity index is 2.27. The number of benzene rings is 2. The number of anilines is 1. The lowest BCUT2D eigenvalue weighted by Gasteiger charge is -2.17. The molecule has 0 aliphatic heterocycles. The fraction of sp³-hybridized carbons (Fsp3) is 0.143. The van der Waals surface area contributed by atoms with Crippen molar-refractivity contribution in [2.24, 2.45) is 0 Å². The van der Waals surface area contributed by atoms with Crippen LogP contribution in [0, 0.1) is 11.6 Å². The van der Waals surface area contributed by atoms with Crippen LogP contribution in [0.25, 0.3) is 0 Å². The van der Waals surface area contributed by atoms with Gasteiger partial charge in [-0.25, -0.2) is 8.78 Å². The average molecular weight is 265 g/mol. The van der Waals surface area contributed by atoms with Crippen LogP contribution < -0.4 is 5.32 Å². The Kier molecular flexibility index (Phi) is 3.55. The lowest BCUT2D eigenvalue weighted by atomic mass is 10.1. The zero-order valence-electron chi connectivity index (χ0n) is 10.2. The minimum Gasteiger partial charge on any atom is -0.508 e. The molecule has 0 radical (unpaired) electrons. The number of hydrogen-bond acceptors (Lipinski definition) is 3. The van der Waals surface area contributed by atoms with E-state index >= 15 is 0 Å². The number of hydrogen-bond donors (Lipinski definition) is 3. The lowest BCUT2D eigenvalue weighted by molar-refractivity contribution is 0.451. The van der Waals surface area contributed by atoms with Crippen molar-refractivity contribution in [2.45, 2.75) is 13.0 Å². The van der Waals surface area contributed by atoms with Gasteiger partial charge in [-0.3, -0.25) is 0 Å². The summed E-state index contributed by atoms with van der Waals surface area (Å²) in [5.41, 5.74) is 0.388. The van der Waals surface area contributed by atoms with Crippen LogP contribution in [0.5, 0.6) is 11.5 Å². The maximum Gasteiger partial charge on any atom is 0.146 e. The predicted molar refractivity (Wildman–Crippen MR) is 68.2 cm³/mol. The van der Waals surface area contributed by atoms with Gasteiger partial charge in [0.15, 0.2) is 0 Å². The molecule has 0 aliphatic carbocycles. The van der Waals surface area contributed by atoms with Crippen LogP contribution in [-0.2, 0) is 0 Å². The van der Waals surface area contributed by atoms with E-state index in [0.29, 0.717) is 5.56 Å². The van der Waals surface area contributed by atoms with Crippen LogP contribution in [0.15, 0.2) is 36.4 Å². The highest BCUT2D eigenvalue weighted by molar-refractivity contribution is 5.49. The van der Waals surface area contributed by atoms with Gasteiger partial charge in [0, 0.05) is 5.56 Å². The Morgan fingerprint density at radius 2 is 1.79 bits per heavy atom. The molecule has 2 rings (SSSR count). The van der Waals surface area contributed by atoms with Crippen molar-refractivity contribution in [3.63, 3.8) is 0 Å². The van der Waals surface area contributed by atoms with Crippen LogP contribution in [0.1, 0.15) is 18.5 Å². The molecule has 0 saturated carbocycles. The molecule has 0 heterocycles. The van der Waals surface area contributed by atoms with Crippen molar-refractivity contribution in [2.75, 3.05) is 5.32 Å². The van der Waals surface area contributed by atoms with E-state index in [1.54, 1.807) is 6.92 Å². The second-order valence-electron chi connectivity index (χ2n) is 4.23. The Bertz CT molecular complexity index is 602. The standard InChI is InChI=1S/C14H13F2NO2/c1-8(11-7-10(18)3-5-14(11)19)17-13-6-9(15)2-4-12(13)16/h2-8,17-19H,1H3. The highest BCUT2D eigenvalue weighted by Gasteiger charge is 2.13. The summed E-state index contributed by atoms with van der Waals surface area (Å²) < 4.78 is 26.5. The summed E-state index contributed by atoms with van der Waals surface area (Å²) in [7, 11) is 0. The number of aromatic hydroxyl groups is 2. The summed E-state index contributed by atoms with van der Waals surface area (Å²) in [4.78, 5) is 0.